The van der Waals surface area contributed by atoms with Gasteiger partial charge in [-0.25, -0.2) is 0 Å². The van der Waals surface area contributed by atoms with E-state index in [2.05, 4.69) is 26.8 Å². The second-order valence-corrected chi connectivity index (χ2v) is 6.01. The smallest absolute Gasteiger partial charge is 0.243 e. The van der Waals surface area contributed by atoms with E-state index in [1.165, 1.54) is 0 Å². The van der Waals surface area contributed by atoms with Crippen molar-refractivity contribution in [3.8, 4) is 6.07 Å². The summed E-state index contributed by atoms with van der Waals surface area (Å²) in [6.45, 7) is 8.38. The highest BCUT2D eigenvalue weighted by Gasteiger charge is 2.47. The zero-order valence-corrected chi connectivity index (χ0v) is 11.0. The Morgan fingerprint density at radius 1 is 1.44 bits per heavy atom. The first-order valence-corrected chi connectivity index (χ1v) is 5.93. The van der Waals surface area contributed by atoms with E-state index in [0.717, 1.165) is 19.3 Å². The zero-order valence-electron chi connectivity index (χ0n) is 11.0. The van der Waals surface area contributed by atoms with Gasteiger partial charge >= 0.3 is 0 Å². The summed E-state index contributed by atoms with van der Waals surface area (Å²) in [7, 11) is 1.82. The number of nitrogens with zero attached hydrogens (tertiary/aromatic N) is 2. The molecule has 0 bridgehead atoms. The Hall–Kier alpha value is -1.04. The van der Waals surface area contributed by atoms with Crippen LogP contribution >= 0.6 is 0 Å². The largest absolute Gasteiger partial charge is 0.341 e. The maximum Gasteiger partial charge on any atom is 0.243 e. The Bertz CT molecular complexity index is 318. The molecule has 0 heterocycles. The van der Waals surface area contributed by atoms with Crippen LogP contribution < -0.4 is 0 Å². The maximum absolute atomic E-state index is 12.3. The molecule has 3 nitrogen and oxygen atoms in total. The van der Waals surface area contributed by atoms with Crippen LogP contribution in [0.2, 0.25) is 0 Å². The molecule has 0 spiro atoms. The summed E-state index contributed by atoms with van der Waals surface area (Å²) in [6, 6.07) is 2.35. The average Bonchev–Trinajstić information content (AvgIpc) is 2.13. The molecule has 0 aromatic carbocycles. The Morgan fingerprint density at radius 2 is 1.94 bits per heavy atom. The molecule has 0 aliphatic heterocycles. The van der Waals surface area contributed by atoms with Crippen LogP contribution in [0.3, 0.4) is 0 Å². The van der Waals surface area contributed by atoms with Crippen LogP contribution in [-0.4, -0.2) is 23.9 Å². The van der Waals surface area contributed by atoms with Crippen LogP contribution in [0.1, 0.15) is 47.0 Å². The van der Waals surface area contributed by atoms with Gasteiger partial charge < -0.3 is 4.90 Å². The third kappa shape index (κ3) is 2.07. The molecule has 16 heavy (non-hydrogen) atoms. The van der Waals surface area contributed by atoms with E-state index in [0.29, 0.717) is 0 Å². The molecule has 90 valence electrons. The topological polar surface area (TPSA) is 44.1 Å². The van der Waals surface area contributed by atoms with E-state index in [-0.39, 0.29) is 17.4 Å². The highest BCUT2D eigenvalue weighted by Crippen LogP contribution is 2.42. The van der Waals surface area contributed by atoms with Crippen LogP contribution in [0.5, 0.6) is 0 Å². The van der Waals surface area contributed by atoms with E-state index in [1.807, 2.05) is 14.0 Å². The number of hydrogen-bond acceptors (Lipinski definition) is 2. The second-order valence-electron chi connectivity index (χ2n) is 6.01. The molecule has 1 atom stereocenters. The van der Waals surface area contributed by atoms with Crippen molar-refractivity contribution in [2.45, 2.75) is 53.0 Å². The van der Waals surface area contributed by atoms with E-state index in [9.17, 15) is 4.79 Å². The van der Waals surface area contributed by atoms with Gasteiger partial charge in [0.15, 0.2) is 0 Å². The highest BCUT2D eigenvalue weighted by atomic mass is 16.2. The number of amides is 1. The van der Waals surface area contributed by atoms with E-state index in [4.69, 9.17) is 5.26 Å². The fraction of sp³-hybridized carbons (Fsp3) is 0.846. The molecule has 1 amide bonds. The number of hydrogen-bond donors (Lipinski definition) is 0. The first-order chi connectivity index (χ1) is 7.24. The zero-order chi connectivity index (χ0) is 12.6. The highest BCUT2D eigenvalue weighted by molar-refractivity contribution is 5.86. The van der Waals surface area contributed by atoms with Crippen molar-refractivity contribution in [3.05, 3.63) is 0 Å². The third-order valence-corrected chi connectivity index (χ3v) is 3.99. The van der Waals surface area contributed by atoms with Crippen molar-refractivity contribution in [3.63, 3.8) is 0 Å². The Labute approximate surface area is 98.4 Å². The van der Waals surface area contributed by atoms with E-state index >= 15 is 0 Å². The van der Waals surface area contributed by atoms with Crippen LogP contribution in [-0.2, 0) is 4.79 Å². The Kier molecular flexibility index (Phi) is 3.33. The lowest BCUT2D eigenvalue weighted by Crippen LogP contribution is -2.51. The van der Waals surface area contributed by atoms with Crippen molar-refractivity contribution in [2.24, 2.45) is 10.8 Å². The summed E-state index contributed by atoms with van der Waals surface area (Å²) in [6.07, 6.45) is 2.45. The molecule has 1 unspecified atom stereocenters. The van der Waals surface area contributed by atoms with Crippen molar-refractivity contribution >= 4 is 5.91 Å². The predicted octanol–water partition coefficient (Wildman–Crippen LogP) is 2.57. The van der Waals surface area contributed by atoms with Gasteiger partial charge in [-0.05, 0) is 31.6 Å². The van der Waals surface area contributed by atoms with Crippen molar-refractivity contribution in [1.82, 2.24) is 4.90 Å². The summed E-state index contributed by atoms with van der Waals surface area (Å²) in [4.78, 5) is 14.0. The van der Waals surface area contributed by atoms with Gasteiger partial charge in [-0.1, -0.05) is 20.8 Å². The predicted molar refractivity (Wildman–Crippen MR) is 63.6 cm³/mol. The standard InChI is InChI=1S/C13H22N2O/c1-10(12(2,3)4)15(5)11(16)13(9-14)7-6-8-13/h10H,6-8H2,1-5H3. The maximum atomic E-state index is 12.3. The molecule has 0 N–H and O–H groups in total. The van der Waals surface area contributed by atoms with Crippen LogP contribution in [0.25, 0.3) is 0 Å². The summed E-state index contributed by atoms with van der Waals surface area (Å²) >= 11 is 0. The monoisotopic (exact) mass is 222 g/mol. The first kappa shape index (κ1) is 13.0. The number of carbonyl (C=O) groups is 1. The van der Waals surface area contributed by atoms with Crippen molar-refractivity contribution in [1.29, 1.82) is 5.26 Å². The molecule has 0 aromatic heterocycles. The minimum absolute atomic E-state index is 0.00340. The lowest BCUT2D eigenvalue weighted by molar-refractivity contribution is -0.145. The summed E-state index contributed by atoms with van der Waals surface area (Å²) < 4.78 is 0. The normalized spacial score (nSPS) is 20.5. The molecule has 1 fully saturated rings. The molecule has 1 saturated carbocycles. The molecule has 1 aliphatic carbocycles. The molecule has 1 aliphatic rings. The van der Waals surface area contributed by atoms with Gasteiger partial charge in [0, 0.05) is 13.1 Å². The van der Waals surface area contributed by atoms with Gasteiger partial charge in [0.1, 0.15) is 5.41 Å². The molecule has 3 heteroatoms. The lowest BCUT2D eigenvalue weighted by Gasteiger charge is -2.42. The van der Waals surface area contributed by atoms with Gasteiger partial charge in [-0.2, -0.15) is 5.26 Å². The molecule has 0 aromatic rings. The fourth-order valence-corrected chi connectivity index (χ4v) is 2.00. The number of nitriles is 1. The molecule has 0 saturated heterocycles. The summed E-state index contributed by atoms with van der Waals surface area (Å²) in [5, 5.41) is 9.14. The van der Waals surface area contributed by atoms with E-state index < -0.39 is 5.41 Å². The van der Waals surface area contributed by atoms with Crippen LogP contribution in [0, 0.1) is 22.2 Å². The van der Waals surface area contributed by atoms with E-state index in [1.54, 1.807) is 4.90 Å². The molecular formula is C13H22N2O. The van der Waals surface area contributed by atoms with Gasteiger partial charge in [0.2, 0.25) is 5.91 Å². The fourth-order valence-electron chi connectivity index (χ4n) is 2.00. The molecule has 0 radical (unpaired) electrons. The van der Waals surface area contributed by atoms with Gasteiger partial charge in [0.25, 0.3) is 0 Å². The van der Waals surface area contributed by atoms with Crippen LogP contribution in [0.4, 0.5) is 0 Å². The first-order valence-electron chi connectivity index (χ1n) is 5.93. The Morgan fingerprint density at radius 3 is 2.19 bits per heavy atom. The SMILES string of the molecule is CC(N(C)C(=O)C1(C#N)CCC1)C(C)(C)C. The number of rotatable bonds is 2. The third-order valence-electron chi connectivity index (χ3n) is 3.99. The lowest BCUT2D eigenvalue weighted by atomic mass is 9.68. The molecule has 1 rings (SSSR count). The number of carbonyl (C=O) groups excluding carboxylic acids is 1. The quantitative estimate of drug-likeness (QED) is 0.720. The molecular weight excluding hydrogens is 200 g/mol. The van der Waals surface area contributed by atoms with Gasteiger partial charge in [-0.15, -0.1) is 0 Å². The van der Waals surface area contributed by atoms with Crippen molar-refractivity contribution in [2.75, 3.05) is 7.05 Å². The van der Waals surface area contributed by atoms with Gasteiger partial charge in [0.05, 0.1) is 6.07 Å². The van der Waals surface area contributed by atoms with Gasteiger partial charge in [-0.3, -0.25) is 4.79 Å². The summed E-state index contributed by atoms with van der Waals surface area (Å²) in [5.74, 6) is 0.00340. The second kappa shape index (κ2) is 4.08. The van der Waals surface area contributed by atoms with Crippen molar-refractivity contribution < 1.29 is 4.79 Å². The van der Waals surface area contributed by atoms with Crippen LogP contribution in [0.15, 0.2) is 0 Å². The Balaban J connectivity index is 2.79. The summed E-state index contributed by atoms with van der Waals surface area (Å²) in [5.41, 5.74) is -0.668. The minimum Gasteiger partial charge on any atom is -0.341 e. The average molecular weight is 222 g/mol. The minimum atomic E-state index is -0.714.